The van der Waals surface area contributed by atoms with Crippen LogP contribution in [0.3, 0.4) is 0 Å². The molecule has 2 aliphatic rings. The number of fused-ring (bicyclic) bond motifs is 2. The number of carbonyl (C=O) groups is 2. The summed E-state index contributed by atoms with van der Waals surface area (Å²) in [6.45, 7) is 2.04. The number of amidine groups is 1. The number of Topliss-reactive ketones (excluding diaryl/α,β-unsaturated/α-hetero) is 1. The van der Waals surface area contributed by atoms with Gasteiger partial charge in [-0.3, -0.25) is 14.9 Å². The quantitative estimate of drug-likeness (QED) is 0.580. The molecule has 0 saturated heterocycles. The summed E-state index contributed by atoms with van der Waals surface area (Å²) in [5, 5.41) is 10.6. The molecule has 0 unspecified atom stereocenters. The number of rotatable bonds is 5. The van der Waals surface area contributed by atoms with Gasteiger partial charge in [0.1, 0.15) is 11.4 Å². The van der Waals surface area contributed by atoms with Crippen molar-refractivity contribution in [3.8, 4) is 5.75 Å². The van der Waals surface area contributed by atoms with Gasteiger partial charge in [-0.2, -0.15) is 0 Å². The van der Waals surface area contributed by atoms with Crippen LogP contribution in [0.15, 0.2) is 82.9 Å². The van der Waals surface area contributed by atoms with Crippen LogP contribution in [0.25, 0.3) is 5.70 Å². The molecular formula is C26H22N4O3S. The average Bonchev–Trinajstić information content (AvgIpc) is 2.87. The highest BCUT2D eigenvalue weighted by Gasteiger charge is 2.37. The number of aryl methyl sites for hydroxylation is 1. The molecule has 34 heavy (non-hydrogen) atoms. The Kier molecular flexibility index (Phi) is 5.90. The standard InChI is InChI=1S/C26H22N4O3S/c1-16-7-9-17(10-8-16)15-34-26-28-25(32)22-20-5-3-4-6-21(20)27-24(30(22)29-26)23(31)18-11-13-19(33-2)14-12-18/h3-14,24H,15H2,1-2H3,(H,28,29,32)/t24-/m0/s1. The van der Waals surface area contributed by atoms with Gasteiger partial charge in [0.15, 0.2) is 5.17 Å². The Morgan fingerprint density at radius 3 is 2.53 bits per heavy atom. The molecule has 2 heterocycles. The molecule has 1 amide bonds. The number of thioether (sulfide) groups is 1. The number of para-hydroxylation sites is 1. The van der Waals surface area contributed by atoms with Crippen LogP contribution in [0.2, 0.25) is 0 Å². The summed E-state index contributed by atoms with van der Waals surface area (Å²) in [6, 6.07) is 22.3. The molecule has 0 fully saturated rings. The molecule has 170 valence electrons. The van der Waals surface area contributed by atoms with Gasteiger partial charge in [0.2, 0.25) is 11.9 Å². The first-order chi connectivity index (χ1) is 16.5. The maximum absolute atomic E-state index is 13.5. The van der Waals surface area contributed by atoms with Crippen molar-refractivity contribution in [2.75, 3.05) is 7.11 Å². The highest BCUT2D eigenvalue weighted by molar-refractivity contribution is 8.13. The monoisotopic (exact) mass is 470 g/mol. The lowest BCUT2D eigenvalue weighted by Gasteiger charge is -2.33. The van der Waals surface area contributed by atoms with Crippen molar-refractivity contribution in [2.24, 2.45) is 10.1 Å². The Balaban J connectivity index is 1.52. The molecule has 3 aromatic rings. The van der Waals surface area contributed by atoms with Gasteiger partial charge in [0, 0.05) is 16.5 Å². The molecule has 3 aromatic carbocycles. The Hall–Kier alpha value is -3.91. The minimum atomic E-state index is -0.987. The smallest absolute Gasteiger partial charge is 0.276 e. The second kappa shape index (κ2) is 9.15. The van der Waals surface area contributed by atoms with Gasteiger partial charge >= 0.3 is 0 Å². The van der Waals surface area contributed by atoms with E-state index in [0.29, 0.717) is 38.5 Å². The zero-order chi connectivity index (χ0) is 23.7. The summed E-state index contributed by atoms with van der Waals surface area (Å²) >= 11 is 1.41. The molecule has 0 aromatic heterocycles. The van der Waals surface area contributed by atoms with Crippen molar-refractivity contribution in [3.63, 3.8) is 0 Å². The molecule has 0 bridgehead atoms. The maximum atomic E-state index is 13.5. The van der Waals surface area contributed by atoms with Crippen LogP contribution in [0.5, 0.6) is 5.75 Å². The van der Waals surface area contributed by atoms with Crippen molar-refractivity contribution in [1.29, 1.82) is 0 Å². The lowest BCUT2D eigenvalue weighted by Crippen LogP contribution is -2.54. The number of nitrogens with one attached hydrogen (secondary N) is 1. The lowest BCUT2D eigenvalue weighted by atomic mass is 10.1. The van der Waals surface area contributed by atoms with Crippen molar-refractivity contribution < 1.29 is 14.3 Å². The second-order valence-electron chi connectivity index (χ2n) is 7.94. The largest absolute Gasteiger partial charge is 0.497 e. The Bertz CT molecular complexity index is 1420. The minimum Gasteiger partial charge on any atom is -0.497 e. The number of amides is 1. The number of hydrogen-bond acceptors (Lipinski definition) is 7. The molecule has 0 aliphatic carbocycles. The van der Waals surface area contributed by atoms with E-state index in [0.717, 1.165) is 5.56 Å². The zero-order valence-electron chi connectivity index (χ0n) is 18.7. The zero-order valence-corrected chi connectivity index (χ0v) is 19.5. The fraction of sp³-hybridized carbons (Fsp3) is 0.154. The lowest BCUT2D eigenvalue weighted by molar-refractivity contribution is -0.115. The van der Waals surface area contributed by atoms with Crippen molar-refractivity contribution in [1.82, 2.24) is 10.3 Å². The van der Waals surface area contributed by atoms with Gasteiger partial charge < -0.3 is 4.74 Å². The Morgan fingerprint density at radius 1 is 1.06 bits per heavy atom. The first kappa shape index (κ1) is 21.9. The second-order valence-corrected chi connectivity index (χ2v) is 8.90. The van der Waals surface area contributed by atoms with Crippen molar-refractivity contribution in [3.05, 3.63) is 100 Å². The fourth-order valence-electron chi connectivity index (χ4n) is 3.80. The highest BCUT2D eigenvalue weighted by Crippen LogP contribution is 2.25. The third-order valence-corrected chi connectivity index (χ3v) is 6.56. The van der Waals surface area contributed by atoms with Crippen molar-refractivity contribution >= 4 is 34.3 Å². The number of hydrazone groups is 1. The summed E-state index contributed by atoms with van der Waals surface area (Å²) in [5.41, 5.74) is 3.08. The number of nitrogens with zero attached hydrogens (tertiary/aromatic N) is 3. The van der Waals surface area contributed by atoms with E-state index in [9.17, 15) is 9.59 Å². The number of benzene rings is 3. The van der Waals surface area contributed by atoms with E-state index < -0.39 is 6.17 Å². The topological polar surface area (TPSA) is 83.4 Å². The first-order valence-electron chi connectivity index (χ1n) is 10.8. The molecule has 1 atom stereocenters. The van der Waals surface area contributed by atoms with E-state index >= 15 is 0 Å². The summed E-state index contributed by atoms with van der Waals surface area (Å²) in [5.74, 6) is 0.722. The maximum Gasteiger partial charge on any atom is 0.276 e. The number of hydrogen-bond donors (Lipinski definition) is 1. The van der Waals surface area contributed by atoms with Gasteiger partial charge in [-0.1, -0.05) is 59.8 Å². The van der Waals surface area contributed by atoms with E-state index in [-0.39, 0.29) is 11.7 Å². The third kappa shape index (κ3) is 4.20. The molecular weight excluding hydrogens is 448 g/mol. The number of carbonyl (C=O) groups excluding carboxylic acids is 2. The number of ketones is 1. The van der Waals surface area contributed by atoms with Crippen LogP contribution in [0.4, 0.5) is 0 Å². The van der Waals surface area contributed by atoms with Gasteiger partial charge in [0.25, 0.3) is 5.91 Å². The van der Waals surface area contributed by atoms with Gasteiger partial charge in [0.05, 0.1) is 12.5 Å². The average molecular weight is 471 g/mol. The molecule has 5 rings (SSSR count). The Morgan fingerprint density at radius 2 is 1.79 bits per heavy atom. The molecule has 2 aliphatic heterocycles. The van der Waals surface area contributed by atoms with E-state index in [2.05, 4.69) is 15.4 Å². The molecule has 0 saturated carbocycles. The predicted molar refractivity (Wildman–Crippen MR) is 132 cm³/mol. The highest BCUT2D eigenvalue weighted by atomic mass is 32.2. The van der Waals surface area contributed by atoms with Crippen LogP contribution in [0.1, 0.15) is 21.5 Å². The number of ether oxygens (including phenoxy) is 1. The fourth-order valence-corrected chi connectivity index (χ4v) is 4.61. The first-order valence-corrected chi connectivity index (χ1v) is 11.7. The molecule has 0 radical (unpaired) electrons. The summed E-state index contributed by atoms with van der Waals surface area (Å²) in [4.78, 5) is 31.4. The van der Waals surface area contributed by atoms with Crippen LogP contribution < -0.4 is 20.6 Å². The molecule has 8 heteroatoms. The molecule has 1 N–H and O–H groups in total. The van der Waals surface area contributed by atoms with E-state index in [1.54, 1.807) is 37.4 Å². The number of methoxy groups -OCH3 is 1. The SMILES string of the molecule is COc1ccc(C(=O)[C@H]2N=c3ccccc3=C3C(=O)NC(SCc4ccc(C)cc4)=NN32)cc1. The van der Waals surface area contributed by atoms with E-state index in [1.807, 2.05) is 49.4 Å². The normalized spacial score (nSPS) is 16.6. The van der Waals surface area contributed by atoms with Crippen LogP contribution >= 0.6 is 11.8 Å². The van der Waals surface area contributed by atoms with E-state index in [4.69, 9.17) is 4.74 Å². The molecule has 7 nitrogen and oxygen atoms in total. The van der Waals surface area contributed by atoms with Crippen molar-refractivity contribution in [2.45, 2.75) is 18.8 Å². The van der Waals surface area contributed by atoms with Gasteiger partial charge in [-0.15, -0.1) is 5.10 Å². The summed E-state index contributed by atoms with van der Waals surface area (Å²) in [6.07, 6.45) is -0.987. The third-order valence-electron chi connectivity index (χ3n) is 5.62. The van der Waals surface area contributed by atoms with E-state index in [1.165, 1.54) is 22.3 Å². The predicted octanol–water partition coefficient (Wildman–Crippen LogP) is 2.59. The van der Waals surface area contributed by atoms with Gasteiger partial charge in [-0.25, -0.2) is 10.0 Å². The summed E-state index contributed by atoms with van der Waals surface area (Å²) < 4.78 is 5.20. The van der Waals surface area contributed by atoms with Crippen LogP contribution in [0, 0.1) is 6.92 Å². The van der Waals surface area contributed by atoms with Crippen LogP contribution in [-0.2, 0) is 10.5 Å². The minimum absolute atomic E-state index is 0.254. The summed E-state index contributed by atoms with van der Waals surface area (Å²) in [7, 11) is 1.57. The molecule has 0 spiro atoms. The van der Waals surface area contributed by atoms with Crippen LogP contribution in [-0.4, -0.2) is 35.1 Å². The Labute approximate surface area is 200 Å². The van der Waals surface area contributed by atoms with Gasteiger partial charge in [-0.05, 0) is 42.8 Å².